The lowest BCUT2D eigenvalue weighted by molar-refractivity contribution is -0.106. The summed E-state index contributed by atoms with van der Waals surface area (Å²) in [6.07, 6.45) is 4.92. The molecule has 0 amide bonds. The van der Waals surface area contributed by atoms with Crippen molar-refractivity contribution < 1.29 is 9.63 Å². The van der Waals surface area contributed by atoms with Crippen LogP contribution in [0.3, 0.4) is 0 Å². The Hall–Kier alpha value is -1.36. The van der Waals surface area contributed by atoms with Crippen molar-refractivity contribution in [3.63, 3.8) is 0 Å². The fourth-order valence-electron chi connectivity index (χ4n) is 0.630. The summed E-state index contributed by atoms with van der Waals surface area (Å²) in [7, 11) is 0. The molecule has 0 atom stereocenters. The van der Waals surface area contributed by atoms with E-state index in [2.05, 4.69) is 25.3 Å². The van der Waals surface area contributed by atoms with Crippen molar-refractivity contribution in [1.29, 1.82) is 0 Å². The third kappa shape index (κ3) is 4.02. The molecule has 1 aromatic rings. The second kappa shape index (κ2) is 7.00. The van der Waals surface area contributed by atoms with E-state index in [1.54, 1.807) is 0 Å². The molecule has 0 saturated heterocycles. The number of nitrogens with two attached hydrogens (primary N) is 1. The van der Waals surface area contributed by atoms with Crippen molar-refractivity contribution in [2.75, 3.05) is 12.3 Å². The van der Waals surface area contributed by atoms with E-state index in [0.29, 0.717) is 0 Å². The van der Waals surface area contributed by atoms with Crippen LogP contribution in [0.5, 0.6) is 0 Å². The van der Waals surface area contributed by atoms with Gasteiger partial charge >= 0.3 is 0 Å². The smallest absolute Gasteiger partial charge is 0.278 e. The van der Waals surface area contributed by atoms with Gasteiger partial charge in [0.25, 0.3) is 5.24 Å². The summed E-state index contributed by atoms with van der Waals surface area (Å²) >= 11 is 6.17. The molecule has 0 bridgehead atoms. The van der Waals surface area contributed by atoms with Crippen molar-refractivity contribution in [2.45, 2.75) is 0 Å². The Bertz CT molecular complexity index is 440. The van der Waals surface area contributed by atoms with Crippen LogP contribution < -0.4 is 5.73 Å². The molecule has 1 rings (SSSR count). The van der Waals surface area contributed by atoms with Crippen LogP contribution in [0.4, 0.5) is 5.13 Å². The first kappa shape index (κ1) is 14.6. The van der Waals surface area contributed by atoms with Crippen LogP contribution in [-0.2, 0) is 9.63 Å². The fraction of sp³-hybridized carbons (Fsp3) is 0.143. The lowest BCUT2D eigenvalue weighted by Gasteiger charge is -1.95. The highest BCUT2D eigenvalue weighted by molar-refractivity contribution is 7.09. The number of nitrogen functional groups attached to an aromatic ring is 1. The quantitative estimate of drug-likeness (QED) is 0.288. The van der Waals surface area contributed by atoms with Gasteiger partial charge in [0.1, 0.15) is 0 Å². The lowest BCUT2D eigenvalue weighted by Crippen LogP contribution is -2.12. The third-order valence-electron chi connectivity index (χ3n) is 1.14. The van der Waals surface area contributed by atoms with Gasteiger partial charge in [0.15, 0.2) is 11.7 Å². The molecule has 9 heteroatoms. The fourth-order valence-corrected chi connectivity index (χ4v) is 1.18. The van der Waals surface area contributed by atoms with E-state index >= 15 is 0 Å². The van der Waals surface area contributed by atoms with Crippen molar-refractivity contribution in [1.82, 2.24) is 9.36 Å². The van der Waals surface area contributed by atoms with E-state index < -0.39 is 5.24 Å². The Morgan fingerprint density at radius 3 is 2.88 bits per heavy atom. The predicted octanol–water partition coefficient (Wildman–Crippen LogP) is 0.661. The largest absolute Gasteiger partial charge is 0.382 e. The van der Waals surface area contributed by atoms with Crippen LogP contribution in [-0.4, -0.2) is 26.9 Å². The second-order valence-corrected chi connectivity index (χ2v) is 3.27. The zero-order chi connectivity index (χ0) is 11.3. The van der Waals surface area contributed by atoms with Crippen molar-refractivity contribution >= 4 is 51.6 Å². The van der Waals surface area contributed by atoms with Gasteiger partial charge in [-0.25, -0.2) is 0 Å². The minimum Gasteiger partial charge on any atom is -0.382 e. The maximum Gasteiger partial charge on any atom is 0.278 e. The molecule has 0 spiro atoms. The minimum absolute atomic E-state index is 0. The molecule has 0 aromatic carbocycles. The van der Waals surface area contributed by atoms with E-state index in [1.165, 1.54) is 0 Å². The zero-order valence-electron chi connectivity index (χ0n) is 7.71. The van der Waals surface area contributed by atoms with Gasteiger partial charge in [0, 0.05) is 11.5 Å². The molecule has 1 heterocycles. The van der Waals surface area contributed by atoms with Gasteiger partial charge in [-0.3, -0.25) is 4.79 Å². The standard InChI is InChI=1S/C7H5ClN4O2S.ClH/c1-2-3-14-11-4(5(8)13)6-10-7(9)15-12-6;/h1H,3H2,(H2,9,10,12);1H/b11-4+;. The molecule has 0 radical (unpaired) electrons. The highest BCUT2D eigenvalue weighted by atomic mass is 35.5. The topological polar surface area (TPSA) is 90.5 Å². The van der Waals surface area contributed by atoms with Crippen LogP contribution in [0.15, 0.2) is 5.16 Å². The van der Waals surface area contributed by atoms with Gasteiger partial charge in [-0.15, -0.1) is 18.8 Å². The number of anilines is 1. The maximum atomic E-state index is 10.9. The number of terminal acetylenes is 1. The molecule has 0 unspecified atom stereocenters. The van der Waals surface area contributed by atoms with Gasteiger partial charge in [0.05, 0.1) is 0 Å². The summed E-state index contributed by atoms with van der Waals surface area (Å²) in [5.41, 5.74) is 5.11. The number of carbonyl (C=O) groups excluding carboxylic acids is 1. The summed E-state index contributed by atoms with van der Waals surface area (Å²) in [4.78, 5) is 19.3. The Labute approximate surface area is 106 Å². The normalized spacial score (nSPS) is 10.1. The summed E-state index contributed by atoms with van der Waals surface area (Å²) in [6, 6.07) is 0. The Kier molecular flexibility index (Phi) is 6.41. The van der Waals surface area contributed by atoms with Gasteiger partial charge in [-0.1, -0.05) is 11.1 Å². The van der Waals surface area contributed by atoms with E-state index in [0.717, 1.165) is 11.5 Å². The first-order valence-electron chi connectivity index (χ1n) is 3.58. The summed E-state index contributed by atoms with van der Waals surface area (Å²) in [5.74, 6) is 2.19. The van der Waals surface area contributed by atoms with Crippen LogP contribution in [0.2, 0.25) is 0 Å². The van der Waals surface area contributed by atoms with Crippen LogP contribution >= 0.6 is 35.5 Å². The van der Waals surface area contributed by atoms with Crippen molar-refractivity contribution in [2.24, 2.45) is 5.16 Å². The number of nitrogens with zero attached hydrogens (tertiary/aromatic N) is 3. The van der Waals surface area contributed by atoms with E-state index in [-0.39, 0.29) is 35.7 Å². The number of hydrogen-bond donors (Lipinski definition) is 1. The molecule has 2 N–H and O–H groups in total. The Morgan fingerprint density at radius 2 is 2.44 bits per heavy atom. The number of rotatable bonds is 4. The minimum atomic E-state index is -0.843. The monoisotopic (exact) mass is 280 g/mol. The molecular formula is C7H6Cl2N4O2S. The molecule has 0 aliphatic rings. The molecule has 16 heavy (non-hydrogen) atoms. The summed E-state index contributed by atoms with van der Waals surface area (Å²) < 4.78 is 3.75. The average molecular weight is 281 g/mol. The summed E-state index contributed by atoms with van der Waals surface area (Å²) in [5, 5.41) is 2.77. The second-order valence-electron chi connectivity index (χ2n) is 2.15. The van der Waals surface area contributed by atoms with Crippen molar-refractivity contribution in [3.05, 3.63) is 5.82 Å². The van der Waals surface area contributed by atoms with Gasteiger partial charge in [-0.05, 0) is 11.6 Å². The van der Waals surface area contributed by atoms with E-state index in [9.17, 15) is 4.79 Å². The molecule has 1 aromatic heterocycles. The van der Waals surface area contributed by atoms with Crippen LogP contribution in [0.1, 0.15) is 5.82 Å². The molecule has 0 aliphatic carbocycles. The average Bonchev–Trinajstić information content (AvgIpc) is 2.59. The van der Waals surface area contributed by atoms with Crippen molar-refractivity contribution in [3.8, 4) is 12.3 Å². The molecular weight excluding hydrogens is 275 g/mol. The zero-order valence-corrected chi connectivity index (χ0v) is 10.1. The first-order chi connectivity index (χ1) is 7.15. The molecule has 0 aliphatic heterocycles. The number of oxime groups is 1. The predicted molar refractivity (Wildman–Crippen MR) is 63.8 cm³/mol. The van der Waals surface area contributed by atoms with Crippen LogP contribution in [0, 0.1) is 12.3 Å². The first-order valence-corrected chi connectivity index (χ1v) is 4.73. The van der Waals surface area contributed by atoms with Gasteiger partial charge in [0.2, 0.25) is 11.5 Å². The number of halogens is 2. The Morgan fingerprint density at radius 1 is 1.75 bits per heavy atom. The van der Waals surface area contributed by atoms with Gasteiger partial charge < -0.3 is 10.6 Å². The maximum absolute atomic E-state index is 10.9. The lowest BCUT2D eigenvalue weighted by atomic mass is 10.4. The molecule has 0 fully saturated rings. The highest BCUT2D eigenvalue weighted by Crippen LogP contribution is 2.08. The molecule has 86 valence electrons. The molecule has 0 saturated carbocycles. The number of carbonyl (C=O) groups is 1. The summed E-state index contributed by atoms with van der Waals surface area (Å²) in [6.45, 7) is -0.0761. The number of aromatic nitrogens is 2. The molecule has 6 nitrogen and oxygen atoms in total. The highest BCUT2D eigenvalue weighted by Gasteiger charge is 2.17. The van der Waals surface area contributed by atoms with Crippen LogP contribution in [0.25, 0.3) is 0 Å². The van der Waals surface area contributed by atoms with E-state index in [4.69, 9.17) is 23.8 Å². The number of hydrogen-bond acceptors (Lipinski definition) is 7. The SMILES string of the molecule is C#CCO/N=C(\C(=O)Cl)c1nsc(N)n1.Cl. The third-order valence-corrected chi connectivity index (χ3v) is 1.87. The Balaban J connectivity index is 0.00000225. The van der Waals surface area contributed by atoms with Gasteiger partial charge in [-0.2, -0.15) is 9.36 Å². The van der Waals surface area contributed by atoms with E-state index in [1.807, 2.05) is 0 Å².